The Bertz CT molecular complexity index is 1910. The van der Waals surface area contributed by atoms with E-state index in [2.05, 4.69) is 55.4 Å². The van der Waals surface area contributed by atoms with Gasteiger partial charge >= 0.3 is 39.5 Å². The first-order valence-electron chi connectivity index (χ1n) is 40.3. The summed E-state index contributed by atoms with van der Waals surface area (Å²) in [5.74, 6) is 1.02. The third-order valence-corrected chi connectivity index (χ3v) is 20.7. The van der Waals surface area contributed by atoms with Crippen molar-refractivity contribution in [3.05, 3.63) is 0 Å². The maximum Gasteiger partial charge on any atom is 0.472 e. The van der Waals surface area contributed by atoms with E-state index in [-0.39, 0.29) is 25.7 Å². The molecule has 0 aromatic carbocycles. The van der Waals surface area contributed by atoms with Crippen LogP contribution in [0.15, 0.2) is 0 Å². The largest absolute Gasteiger partial charge is 0.472 e. The summed E-state index contributed by atoms with van der Waals surface area (Å²) in [4.78, 5) is 72.9. The molecule has 7 atom stereocenters. The fraction of sp³-hybridized carbons (Fsp3) is 0.949. The first kappa shape index (κ1) is 95.1. The predicted octanol–water partition coefficient (Wildman–Crippen LogP) is 22.8. The van der Waals surface area contributed by atoms with Gasteiger partial charge in [-0.15, -0.1) is 0 Å². The Morgan fingerprint density at radius 1 is 0.289 bits per heavy atom. The molecule has 0 fully saturated rings. The van der Waals surface area contributed by atoms with Crippen molar-refractivity contribution in [2.45, 2.75) is 414 Å². The molecule has 0 heterocycles. The van der Waals surface area contributed by atoms with Crippen molar-refractivity contribution in [1.29, 1.82) is 0 Å². The molecule has 0 aliphatic carbocycles. The molecule has 0 aliphatic heterocycles. The average molecular weight is 1420 g/mol. The van der Waals surface area contributed by atoms with E-state index in [0.29, 0.717) is 31.6 Å². The highest BCUT2D eigenvalue weighted by Gasteiger charge is 2.30. The van der Waals surface area contributed by atoms with E-state index in [1.54, 1.807) is 0 Å². The summed E-state index contributed by atoms with van der Waals surface area (Å²) in [5, 5.41) is 10.6. The van der Waals surface area contributed by atoms with Gasteiger partial charge in [-0.25, -0.2) is 9.13 Å². The molecule has 0 spiro atoms. The quantitative estimate of drug-likeness (QED) is 0.0222. The Labute approximate surface area is 594 Å². The lowest BCUT2D eigenvalue weighted by molar-refractivity contribution is -0.161. The van der Waals surface area contributed by atoms with Gasteiger partial charge in [0, 0.05) is 25.7 Å². The number of phosphoric acid groups is 2. The molecule has 19 heteroatoms. The minimum Gasteiger partial charge on any atom is -0.462 e. The number of carbonyl (C=O) groups is 4. The van der Waals surface area contributed by atoms with Crippen LogP contribution >= 0.6 is 15.6 Å². The van der Waals surface area contributed by atoms with E-state index in [1.807, 2.05) is 0 Å². The van der Waals surface area contributed by atoms with Gasteiger partial charge in [0.25, 0.3) is 0 Å². The van der Waals surface area contributed by atoms with E-state index in [0.717, 1.165) is 114 Å². The van der Waals surface area contributed by atoms with Gasteiger partial charge in [0.05, 0.1) is 26.4 Å². The van der Waals surface area contributed by atoms with Gasteiger partial charge in [-0.1, -0.05) is 344 Å². The molecule has 0 aliphatic rings. The van der Waals surface area contributed by atoms with Crippen LogP contribution in [0.4, 0.5) is 0 Å². The van der Waals surface area contributed by atoms with E-state index in [1.165, 1.54) is 193 Å². The second-order valence-corrected chi connectivity index (χ2v) is 32.4. The Kier molecular flexibility index (Phi) is 65.9. The standard InChI is InChI=1S/C78H152O17P2/c1-9-70(7)56-48-40-32-24-18-13-11-12-14-19-26-34-42-50-58-75(80)88-64-73(94-78(83)61-53-45-36-28-22-21-25-33-41-49-57-71(8)10-2)66-92-96(84,85)90-62-72(79)63-91-97(86,87)93-67-74(65-89-76(81)59-51-43-37-29-31-39-47-55-69(5)6)95-77(82)60-52-44-35-27-20-16-15-17-23-30-38-46-54-68(3)4/h68-74,79H,9-67H2,1-8H3,(H,84,85)(H,86,87)/t70?,71?,72?,73-,74-/m1/s1. The average Bonchev–Trinajstić information content (AvgIpc) is 1.27. The van der Waals surface area contributed by atoms with Gasteiger partial charge in [0.1, 0.15) is 19.3 Å². The van der Waals surface area contributed by atoms with E-state index >= 15 is 0 Å². The van der Waals surface area contributed by atoms with Gasteiger partial charge in [-0.3, -0.25) is 37.3 Å². The fourth-order valence-corrected chi connectivity index (χ4v) is 13.4. The molecule has 3 N–H and O–H groups in total. The van der Waals surface area contributed by atoms with Crippen molar-refractivity contribution in [2.75, 3.05) is 39.6 Å². The summed E-state index contributed by atoms with van der Waals surface area (Å²) >= 11 is 0. The van der Waals surface area contributed by atoms with Crippen molar-refractivity contribution in [1.82, 2.24) is 0 Å². The lowest BCUT2D eigenvalue weighted by atomic mass is 9.99. The number of carbonyl (C=O) groups excluding carboxylic acids is 4. The number of phosphoric ester groups is 2. The Balaban J connectivity index is 5.25. The first-order valence-corrected chi connectivity index (χ1v) is 43.3. The molecular weight excluding hydrogens is 1270 g/mol. The number of hydrogen-bond donors (Lipinski definition) is 3. The monoisotopic (exact) mass is 1420 g/mol. The van der Waals surface area contributed by atoms with Crippen LogP contribution in [-0.4, -0.2) is 96.7 Å². The summed E-state index contributed by atoms with van der Waals surface area (Å²) in [5.41, 5.74) is 0. The van der Waals surface area contributed by atoms with Gasteiger partial charge in [-0.05, 0) is 49.4 Å². The van der Waals surface area contributed by atoms with Crippen molar-refractivity contribution in [3.8, 4) is 0 Å². The maximum atomic E-state index is 13.1. The topological polar surface area (TPSA) is 237 Å². The van der Waals surface area contributed by atoms with E-state index in [9.17, 15) is 43.2 Å². The molecule has 0 rings (SSSR count). The van der Waals surface area contributed by atoms with Crippen LogP contribution < -0.4 is 0 Å². The van der Waals surface area contributed by atoms with Crippen LogP contribution in [-0.2, 0) is 65.4 Å². The molecule has 0 aromatic rings. The molecule has 0 saturated carbocycles. The molecule has 17 nitrogen and oxygen atoms in total. The smallest absolute Gasteiger partial charge is 0.462 e. The lowest BCUT2D eigenvalue weighted by Gasteiger charge is -2.21. The molecule has 0 radical (unpaired) electrons. The molecule has 97 heavy (non-hydrogen) atoms. The van der Waals surface area contributed by atoms with Crippen molar-refractivity contribution >= 4 is 39.5 Å². The third kappa shape index (κ3) is 69.5. The number of esters is 4. The molecular formula is C78H152O17P2. The highest BCUT2D eigenvalue weighted by atomic mass is 31.2. The Hall–Kier alpha value is -1.94. The zero-order chi connectivity index (χ0) is 71.7. The molecule has 0 saturated heterocycles. The Morgan fingerprint density at radius 3 is 0.732 bits per heavy atom. The van der Waals surface area contributed by atoms with Gasteiger partial charge in [0.2, 0.25) is 0 Å². The number of aliphatic hydroxyl groups is 1. The SMILES string of the molecule is CCC(C)CCCCCCCCCCCCCCCCC(=O)OC[C@H](COP(=O)(O)OCC(O)COP(=O)(O)OC[C@@H](COC(=O)CCCCCCCCCC(C)C)OC(=O)CCCCCCCCCCCCCCC(C)C)OC(=O)CCCCCCCCCCCCC(C)CC. The molecule has 5 unspecified atom stereocenters. The maximum absolute atomic E-state index is 13.1. The fourth-order valence-electron chi connectivity index (χ4n) is 11.8. The van der Waals surface area contributed by atoms with Crippen molar-refractivity contribution in [2.24, 2.45) is 23.7 Å². The van der Waals surface area contributed by atoms with Crippen LogP contribution in [0.2, 0.25) is 0 Å². The Morgan fingerprint density at radius 2 is 0.495 bits per heavy atom. The predicted molar refractivity (Wildman–Crippen MR) is 395 cm³/mol. The van der Waals surface area contributed by atoms with Gasteiger partial charge < -0.3 is 33.8 Å². The molecule has 0 bridgehead atoms. The van der Waals surface area contributed by atoms with Gasteiger partial charge in [0.15, 0.2) is 12.2 Å². The minimum atomic E-state index is -4.96. The number of hydrogen-bond acceptors (Lipinski definition) is 15. The van der Waals surface area contributed by atoms with Gasteiger partial charge in [-0.2, -0.15) is 0 Å². The number of ether oxygens (including phenoxy) is 4. The molecule has 0 amide bonds. The summed E-state index contributed by atoms with van der Waals surface area (Å²) < 4.78 is 68.6. The van der Waals surface area contributed by atoms with Crippen LogP contribution in [0.1, 0.15) is 396 Å². The summed E-state index contributed by atoms with van der Waals surface area (Å²) in [6.07, 6.45) is 52.6. The van der Waals surface area contributed by atoms with Crippen LogP contribution in [0.25, 0.3) is 0 Å². The second kappa shape index (κ2) is 67.2. The zero-order valence-corrected chi connectivity index (χ0v) is 65.5. The van der Waals surface area contributed by atoms with E-state index in [4.69, 9.17) is 37.0 Å². The first-order chi connectivity index (χ1) is 46.7. The molecule has 576 valence electrons. The highest BCUT2D eigenvalue weighted by Crippen LogP contribution is 2.45. The lowest BCUT2D eigenvalue weighted by Crippen LogP contribution is -2.30. The van der Waals surface area contributed by atoms with Crippen molar-refractivity contribution < 1.29 is 80.2 Å². The van der Waals surface area contributed by atoms with Crippen LogP contribution in [0.3, 0.4) is 0 Å². The number of rotatable bonds is 75. The number of unbranched alkanes of at least 4 members (excludes halogenated alkanes) is 39. The summed E-state index contributed by atoms with van der Waals surface area (Å²) in [7, 11) is -9.92. The molecule has 0 aromatic heterocycles. The normalized spacial score (nSPS) is 14.6. The second-order valence-electron chi connectivity index (χ2n) is 29.5. The van der Waals surface area contributed by atoms with Crippen molar-refractivity contribution in [3.63, 3.8) is 0 Å². The zero-order valence-electron chi connectivity index (χ0n) is 63.7. The van der Waals surface area contributed by atoms with Crippen LogP contribution in [0, 0.1) is 23.7 Å². The third-order valence-electron chi connectivity index (χ3n) is 18.8. The summed E-state index contributed by atoms with van der Waals surface area (Å²) in [6.45, 7) is 14.3. The number of aliphatic hydroxyl groups excluding tert-OH is 1. The summed E-state index contributed by atoms with van der Waals surface area (Å²) in [6, 6.07) is 0. The minimum absolute atomic E-state index is 0.106. The highest BCUT2D eigenvalue weighted by molar-refractivity contribution is 7.47. The van der Waals surface area contributed by atoms with Crippen LogP contribution in [0.5, 0.6) is 0 Å². The van der Waals surface area contributed by atoms with E-state index < -0.39 is 97.5 Å².